The van der Waals surface area contributed by atoms with Gasteiger partial charge >= 0.3 is 11.9 Å². The topological polar surface area (TPSA) is 142 Å². The van der Waals surface area contributed by atoms with Crippen molar-refractivity contribution in [2.45, 2.75) is 4.90 Å². The molecule has 3 rings (SSSR count). The molecule has 0 bridgehead atoms. The van der Waals surface area contributed by atoms with Crippen LogP contribution in [0.2, 0.25) is 0 Å². The molecule has 3 aromatic carbocycles. The van der Waals surface area contributed by atoms with Crippen molar-refractivity contribution in [1.82, 2.24) is 0 Å². The van der Waals surface area contributed by atoms with Crippen LogP contribution < -0.4 is 15.4 Å². The molecule has 4 N–H and O–H groups in total. The number of nitrogens with one attached hydrogen (secondary N) is 2. The molecule has 0 fully saturated rings. The smallest absolute Gasteiger partial charge is 0.336 e. The predicted molar refractivity (Wildman–Crippen MR) is 127 cm³/mol. The summed E-state index contributed by atoms with van der Waals surface area (Å²) in [6, 6.07) is 17.0. The van der Waals surface area contributed by atoms with Crippen LogP contribution >= 0.6 is 11.8 Å². The van der Waals surface area contributed by atoms with Gasteiger partial charge in [-0.15, -0.1) is 11.8 Å². The predicted octanol–water partition coefficient (Wildman–Crippen LogP) is 4.07. The molecule has 9 nitrogen and oxygen atoms in total. The van der Waals surface area contributed by atoms with Gasteiger partial charge in [0.05, 0.1) is 35.2 Å². The van der Waals surface area contributed by atoms with Crippen LogP contribution in [0.3, 0.4) is 0 Å². The average Bonchev–Trinajstić information content (AvgIpc) is 2.83. The summed E-state index contributed by atoms with van der Waals surface area (Å²) in [5.41, 5.74) is 0.178. The van der Waals surface area contributed by atoms with E-state index in [1.807, 2.05) is 0 Å². The van der Waals surface area contributed by atoms with E-state index in [0.29, 0.717) is 17.1 Å². The normalized spacial score (nSPS) is 10.3. The van der Waals surface area contributed by atoms with Gasteiger partial charge in [0.25, 0.3) is 5.91 Å². The number of methoxy groups -OCH3 is 1. The maximum Gasteiger partial charge on any atom is 0.336 e. The number of carboxylic acid groups (broad SMARTS) is 2. The summed E-state index contributed by atoms with van der Waals surface area (Å²) in [6.07, 6.45) is 0. The van der Waals surface area contributed by atoms with E-state index in [1.165, 1.54) is 24.9 Å². The molecule has 0 aliphatic heterocycles. The first kappa shape index (κ1) is 24.3. The van der Waals surface area contributed by atoms with Crippen LogP contribution in [-0.2, 0) is 4.79 Å². The van der Waals surface area contributed by atoms with Crippen molar-refractivity contribution in [3.63, 3.8) is 0 Å². The average molecular weight is 480 g/mol. The number of carbonyl (C=O) groups excluding carboxylic acids is 2. The Morgan fingerprint density at radius 1 is 0.853 bits per heavy atom. The van der Waals surface area contributed by atoms with E-state index < -0.39 is 23.4 Å². The van der Waals surface area contributed by atoms with Gasteiger partial charge in [0.1, 0.15) is 5.75 Å². The van der Waals surface area contributed by atoms with E-state index in [9.17, 15) is 24.3 Å². The Bertz CT molecular complexity index is 1240. The highest BCUT2D eigenvalue weighted by molar-refractivity contribution is 8.00. The number of amides is 2. The van der Waals surface area contributed by atoms with Crippen molar-refractivity contribution < 1.29 is 34.1 Å². The standard InChI is InChI=1S/C24H20N2O7S/c1-33-20-5-3-2-4-19(20)26-21(27)13-34-16-9-7-15(8-10-16)25-22(28)17-11-6-14(23(29)30)12-18(17)24(31)32/h2-12H,13H2,1H3,(H,25,28)(H,26,27)(H,29,30)(H,31,32). The number of para-hydroxylation sites is 2. The van der Waals surface area contributed by atoms with Crippen LogP contribution in [0, 0.1) is 0 Å². The Balaban J connectivity index is 1.60. The number of aromatic carboxylic acids is 2. The third kappa shape index (κ3) is 6.14. The van der Waals surface area contributed by atoms with Gasteiger partial charge in [0.15, 0.2) is 0 Å². The van der Waals surface area contributed by atoms with Crippen LogP contribution in [0.5, 0.6) is 5.75 Å². The zero-order chi connectivity index (χ0) is 24.7. The number of hydrogen-bond donors (Lipinski definition) is 4. The lowest BCUT2D eigenvalue weighted by Gasteiger charge is -2.10. The van der Waals surface area contributed by atoms with E-state index >= 15 is 0 Å². The molecule has 2 amide bonds. The van der Waals surface area contributed by atoms with E-state index in [2.05, 4.69) is 10.6 Å². The number of ether oxygens (including phenoxy) is 1. The molecule has 0 heterocycles. The molecule has 0 saturated carbocycles. The maximum atomic E-state index is 12.6. The van der Waals surface area contributed by atoms with Crippen LogP contribution in [0.15, 0.2) is 71.6 Å². The van der Waals surface area contributed by atoms with Crippen molar-refractivity contribution in [2.24, 2.45) is 0 Å². The quantitative estimate of drug-likeness (QED) is 0.336. The fourth-order valence-corrected chi connectivity index (χ4v) is 3.67. The highest BCUT2D eigenvalue weighted by Gasteiger charge is 2.19. The molecule has 0 radical (unpaired) electrons. The lowest BCUT2D eigenvalue weighted by atomic mass is 10.0. The lowest BCUT2D eigenvalue weighted by molar-refractivity contribution is -0.113. The van der Waals surface area contributed by atoms with Gasteiger partial charge in [-0.25, -0.2) is 9.59 Å². The summed E-state index contributed by atoms with van der Waals surface area (Å²) in [7, 11) is 1.52. The Morgan fingerprint density at radius 2 is 1.56 bits per heavy atom. The SMILES string of the molecule is COc1ccccc1NC(=O)CSc1ccc(NC(=O)c2ccc(C(=O)O)cc2C(=O)O)cc1. The number of carbonyl (C=O) groups is 4. The second kappa shape index (κ2) is 11.0. The van der Waals surface area contributed by atoms with Crippen LogP contribution in [-0.4, -0.2) is 46.8 Å². The molecule has 0 saturated heterocycles. The number of thioether (sulfide) groups is 1. The number of benzene rings is 3. The van der Waals surface area contributed by atoms with E-state index in [-0.39, 0.29) is 22.8 Å². The van der Waals surface area contributed by atoms with E-state index in [4.69, 9.17) is 9.84 Å². The largest absolute Gasteiger partial charge is 0.495 e. The van der Waals surface area contributed by atoms with E-state index in [0.717, 1.165) is 17.0 Å². The first-order chi connectivity index (χ1) is 16.3. The Hall–Kier alpha value is -4.31. The van der Waals surface area contributed by atoms with Gasteiger partial charge in [0.2, 0.25) is 5.91 Å². The summed E-state index contributed by atoms with van der Waals surface area (Å²) < 4.78 is 5.21. The second-order valence-electron chi connectivity index (χ2n) is 6.89. The van der Waals surface area contributed by atoms with Crippen LogP contribution in [0.25, 0.3) is 0 Å². The fourth-order valence-electron chi connectivity index (χ4n) is 2.97. The Labute approximate surface area is 198 Å². The zero-order valence-corrected chi connectivity index (χ0v) is 18.7. The van der Waals surface area contributed by atoms with Gasteiger partial charge in [-0.2, -0.15) is 0 Å². The van der Waals surface area contributed by atoms with Crippen molar-refractivity contribution in [3.05, 3.63) is 83.4 Å². The van der Waals surface area contributed by atoms with Gasteiger partial charge in [-0.1, -0.05) is 12.1 Å². The number of rotatable bonds is 9. The summed E-state index contributed by atoms with van der Waals surface area (Å²) >= 11 is 1.30. The molecule has 10 heteroatoms. The minimum atomic E-state index is -1.41. The highest BCUT2D eigenvalue weighted by Crippen LogP contribution is 2.25. The van der Waals surface area contributed by atoms with Crippen molar-refractivity contribution >= 4 is 46.9 Å². The summed E-state index contributed by atoms with van der Waals surface area (Å²) in [5.74, 6) is -2.89. The van der Waals surface area contributed by atoms with Gasteiger partial charge in [0, 0.05) is 10.6 Å². The van der Waals surface area contributed by atoms with Gasteiger partial charge < -0.3 is 25.6 Å². The number of carboxylic acids is 2. The monoisotopic (exact) mass is 480 g/mol. The number of anilines is 2. The zero-order valence-electron chi connectivity index (χ0n) is 17.9. The first-order valence-corrected chi connectivity index (χ1v) is 10.8. The van der Waals surface area contributed by atoms with Gasteiger partial charge in [-0.3, -0.25) is 9.59 Å². The van der Waals surface area contributed by atoms with Crippen molar-refractivity contribution in [3.8, 4) is 5.75 Å². The Kier molecular flexibility index (Phi) is 7.88. The molecular formula is C24H20N2O7S. The highest BCUT2D eigenvalue weighted by atomic mass is 32.2. The molecule has 0 aliphatic carbocycles. The third-order valence-corrected chi connectivity index (χ3v) is 5.62. The Morgan fingerprint density at radius 3 is 2.21 bits per heavy atom. The van der Waals surface area contributed by atoms with Crippen molar-refractivity contribution in [1.29, 1.82) is 0 Å². The first-order valence-electron chi connectivity index (χ1n) is 9.86. The van der Waals surface area contributed by atoms with Gasteiger partial charge in [-0.05, 0) is 54.6 Å². The van der Waals surface area contributed by atoms with Crippen LogP contribution in [0.4, 0.5) is 11.4 Å². The maximum absolute atomic E-state index is 12.6. The number of hydrogen-bond acceptors (Lipinski definition) is 6. The molecule has 0 aliphatic rings. The molecular weight excluding hydrogens is 460 g/mol. The molecule has 0 atom stereocenters. The van der Waals surface area contributed by atoms with Crippen LogP contribution in [0.1, 0.15) is 31.1 Å². The minimum absolute atomic E-state index is 0.154. The van der Waals surface area contributed by atoms with E-state index in [1.54, 1.807) is 48.5 Å². The molecule has 34 heavy (non-hydrogen) atoms. The molecule has 174 valence electrons. The molecule has 0 unspecified atom stereocenters. The fraction of sp³-hybridized carbons (Fsp3) is 0.0833. The summed E-state index contributed by atoms with van der Waals surface area (Å²) in [4.78, 5) is 48.1. The molecule has 3 aromatic rings. The summed E-state index contributed by atoms with van der Waals surface area (Å²) in [5, 5.41) is 23.7. The third-order valence-electron chi connectivity index (χ3n) is 4.60. The lowest BCUT2D eigenvalue weighted by Crippen LogP contribution is -2.17. The molecule has 0 spiro atoms. The molecule has 0 aromatic heterocycles. The minimum Gasteiger partial charge on any atom is -0.495 e. The van der Waals surface area contributed by atoms with Crippen molar-refractivity contribution in [2.75, 3.05) is 23.5 Å². The summed E-state index contributed by atoms with van der Waals surface area (Å²) in [6.45, 7) is 0. The second-order valence-corrected chi connectivity index (χ2v) is 7.94.